The number of nitrogens with one attached hydrogen (secondary N) is 2. The molecule has 1 atom stereocenters. The molecular weight excluding hydrogens is 419 g/mol. The van der Waals surface area contributed by atoms with E-state index in [1.54, 1.807) is 56.3 Å². The second-order valence-corrected chi connectivity index (χ2v) is 8.71. The van der Waals surface area contributed by atoms with Crippen LogP contribution in [-0.2, 0) is 14.8 Å². The summed E-state index contributed by atoms with van der Waals surface area (Å²) in [5, 5.41) is 2.78. The first kappa shape index (κ1) is 22.3. The predicted molar refractivity (Wildman–Crippen MR) is 117 cm³/mol. The quantitative estimate of drug-likeness (QED) is 0.548. The summed E-state index contributed by atoms with van der Waals surface area (Å²) < 4.78 is 46.2. The lowest BCUT2D eigenvalue weighted by Gasteiger charge is -2.16. The van der Waals surface area contributed by atoms with E-state index < -0.39 is 10.0 Å². The Labute approximate surface area is 181 Å². The highest BCUT2D eigenvalue weighted by Crippen LogP contribution is 2.23. The predicted octanol–water partition coefficient (Wildman–Crippen LogP) is 4.19. The molecule has 162 valence electrons. The van der Waals surface area contributed by atoms with Crippen molar-refractivity contribution in [3.8, 4) is 5.75 Å². The number of sulfonamides is 1. The highest BCUT2D eigenvalue weighted by atomic mass is 32.2. The molecule has 6 nitrogen and oxygen atoms in total. The molecule has 0 saturated heterocycles. The number of ether oxygens (including phenoxy) is 1. The van der Waals surface area contributed by atoms with E-state index in [4.69, 9.17) is 4.74 Å². The SMILES string of the molecule is Cc1cc(S(=O)(=O)Nc2ccccc2)ccc1OCC(=O)NC(C)c1ccc(F)cc1. The summed E-state index contributed by atoms with van der Waals surface area (Å²) in [5.41, 5.74) is 1.81. The summed E-state index contributed by atoms with van der Waals surface area (Å²) in [6, 6.07) is 18.6. The van der Waals surface area contributed by atoms with Crippen LogP contribution in [0.2, 0.25) is 0 Å². The van der Waals surface area contributed by atoms with Crippen molar-refractivity contribution in [3.63, 3.8) is 0 Å². The number of carbonyl (C=O) groups excluding carboxylic acids is 1. The van der Waals surface area contributed by atoms with Gasteiger partial charge < -0.3 is 10.1 Å². The lowest BCUT2D eigenvalue weighted by Crippen LogP contribution is -2.31. The standard InChI is InChI=1S/C23H23FN2O4S/c1-16-14-21(31(28,29)26-20-6-4-3-5-7-20)12-13-22(16)30-15-23(27)25-17(2)18-8-10-19(24)11-9-18/h3-14,17,26H,15H2,1-2H3,(H,25,27). The number of rotatable bonds is 8. The van der Waals surface area contributed by atoms with Crippen molar-refractivity contribution >= 4 is 21.6 Å². The molecule has 2 N–H and O–H groups in total. The molecule has 8 heteroatoms. The molecule has 0 saturated carbocycles. The van der Waals surface area contributed by atoms with Gasteiger partial charge in [-0.25, -0.2) is 12.8 Å². The fraction of sp³-hybridized carbons (Fsp3) is 0.174. The van der Waals surface area contributed by atoms with E-state index in [0.29, 0.717) is 17.0 Å². The summed E-state index contributed by atoms with van der Waals surface area (Å²) in [5.74, 6) is -0.285. The van der Waals surface area contributed by atoms with Crippen LogP contribution < -0.4 is 14.8 Å². The Morgan fingerprint density at radius 2 is 1.71 bits per heavy atom. The van der Waals surface area contributed by atoms with E-state index in [-0.39, 0.29) is 29.3 Å². The van der Waals surface area contributed by atoms with E-state index in [1.165, 1.54) is 30.3 Å². The molecule has 0 radical (unpaired) electrons. The molecule has 0 spiro atoms. The van der Waals surface area contributed by atoms with Crippen LogP contribution in [0.1, 0.15) is 24.1 Å². The zero-order valence-electron chi connectivity index (χ0n) is 17.1. The van der Waals surface area contributed by atoms with Crippen molar-refractivity contribution in [2.75, 3.05) is 11.3 Å². The molecule has 3 aromatic carbocycles. The summed E-state index contributed by atoms with van der Waals surface area (Å²) in [6.45, 7) is 3.26. The molecule has 0 aliphatic rings. The van der Waals surface area contributed by atoms with Crippen LogP contribution in [0.4, 0.5) is 10.1 Å². The van der Waals surface area contributed by atoms with E-state index in [0.717, 1.165) is 5.56 Å². The van der Waals surface area contributed by atoms with Crippen LogP contribution in [0, 0.1) is 12.7 Å². The number of hydrogen-bond donors (Lipinski definition) is 2. The van der Waals surface area contributed by atoms with E-state index in [9.17, 15) is 17.6 Å². The van der Waals surface area contributed by atoms with Crippen LogP contribution >= 0.6 is 0 Å². The van der Waals surface area contributed by atoms with E-state index in [2.05, 4.69) is 10.0 Å². The van der Waals surface area contributed by atoms with Gasteiger partial charge in [0, 0.05) is 5.69 Å². The summed E-state index contributed by atoms with van der Waals surface area (Å²) in [6.07, 6.45) is 0. The van der Waals surface area contributed by atoms with Crippen molar-refractivity contribution in [2.24, 2.45) is 0 Å². The summed E-state index contributed by atoms with van der Waals surface area (Å²) >= 11 is 0. The molecule has 31 heavy (non-hydrogen) atoms. The number of benzene rings is 3. The van der Waals surface area contributed by atoms with Gasteiger partial charge in [-0.3, -0.25) is 9.52 Å². The number of amides is 1. The topological polar surface area (TPSA) is 84.5 Å². The van der Waals surface area contributed by atoms with Crippen molar-refractivity contribution in [2.45, 2.75) is 24.8 Å². The lowest BCUT2D eigenvalue weighted by atomic mass is 10.1. The monoisotopic (exact) mass is 442 g/mol. The third-order valence-electron chi connectivity index (χ3n) is 4.59. The van der Waals surface area contributed by atoms with Crippen molar-refractivity contribution < 1.29 is 22.3 Å². The second-order valence-electron chi connectivity index (χ2n) is 7.03. The van der Waals surface area contributed by atoms with Gasteiger partial charge in [-0.1, -0.05) is 30.3 Å². The maximum absolute atomic E-state index is 13.0. The van der Waals surface area contributed by atoms with Gasteiger partial charge >= 0.3 is 0 Å². The largest absolute Gasteiger partial charge is 0.484 e. The maximum atomic E-state index is 13.0. The van der Waals surface area contributed by atoms with Crippen LogP contribution in [-0.4, -0.2) is 20.9 Å². The first-order chi connectivity index (χ1) is 14.7. The van der Waals surface area contributed by atoms with E-state index >= 15 is 0 Å². The van der Waals surface area contributed by atoms with Crippen LogP contribution in [0.15, 0.2) is 77.7 Å². The molecule has 0 aliphatic heterocycles. The van der Waals surface area contributed by atoms with Gasteiger partial charge in [0.2, 0.25) is 0 Å². The lowest BCUT2D eigenvalue weighted by molar-refractivity contribution is -0.123. The van der Waals surface area contributed by atoms with Crippen LogP contribution in [0.3, 0.4) is 0 Å². The Morgan fingerprint density at radius 1 is 1.03 bits per heavy atom. The number of halogens is 1. The normalized spacial score (nSPS) is 12.1. The molecular formula is C23H23FN2O4S. The molecule has 3 aromatic rings. The zero-order chi connectivity index (χ0) is 22.4. The van der Waals surface area contributed by atoms with E-state index in [1.807, 2.05) is 0 Å². The Kier molecular flexibility index (Phi) is 6.91. The minimum absolute atomic E-state index is 0.0931. The minimum atomic E-state index is -3.75. The van der Waals surface area contributed by atoms with Gasteiger partial charge in [-0.15, -0.1) is 0 Å². The zero-order valence-corrected chi connectivity index (χ0v) is 17.9. The number of para-hydroxylation sites is 1. The van der Waals surface area contributed by atoms with Gasteiger partial charge in [0.15, 0.2) is 6.61 Å². The van der Waals surface area contributed by atoms with Gasteiger partial charge in [0.1, 0.15) is 11.6 Å². The van der Waals surface area contributed by atoms with Gasteiger partial charge in [-0.2, -0.15) is 0 Å². The van der Waals surface area contributed by atoms with Crippen LogP contribution in [0.25, 0.3) is 0 Å². The highest BCUT2D eigenvalue weighted by molar-refractivity contribution is 7.92. The minimum Gasteiger partial charge on any atom is -0.484 e. The van der Waals surface area contributed by atoms with Crippen LogP contribution in [0.5, 0.6) is 5.75 Å². The van der Waals surface area contributed by atoms with Gasteiger partial charge in [-0.05, 0) is 67.4 Å². The second kappa shape index (κ2) is 9.61. The Bertz CT molecular complexity index is 1150. The first-order valence-electron chi connectivity index (χ1n) is 9.61. The van der Waals surface area contributed by atoms with Crippen molar-refractivity contribution in [1.82, 2.24) is 5.32 Å². The Hall–Kier alpha value is -3.39. The Morgan fingerprint density at radius 3 is 2.35 bits per heavy atom. The molecule has 0 bridgehead atoms. The average Bonchev–Trinajstić information content (AvgIpc) is 2.73. The number of anilines is 1. The number of aryl methyl sites for hydroxylation is 1. The third kappa shape index (κ3) is 6.05. The highest BCUT2D eigenvalue weighted by Gasteiger charge is 2.16. The number of carbonyl (C=O) groups is 1. The average molecular weight is 443 g/mol. The third-order valence-corrected chi connectivity index (χ3v) is 5.97. The molecule has 3 rings (SSSR count). The molecule has 1 amide bonds. The summed E-state index contributed by atoms with van der Waals surface area (Å²) in [4.78, 5) is 12.3. The maximum Gasteiger partial charge on any atom is 0.261 e. The van der Waals surface area contributed by atoms with Gasteiger partial charge in [0.05, 0.1) is 10.9 Å². The smallest absolute Gasteiger partial charge is 0.261 e. The van der Waals surface area contributed by atoms with Crippen molar-refractivity contribution in [1.29, 1.82) is 0 Å². The van der Waals surface area contributed by atoms with Gasteiger partial charge in [0.25, 0.3) is 15.9 Å². The Balaban J connectivity index is 1.60. The molecule has 0 heterocycles. The molecule has 0 fully saturated rings. The molecule has 0 aliphatic carbocycles. The summed E-state index contributed by atoms with van der Waals surface area (Å²) in [7, 11) is -3.75. The molecule has 0 aromatic heterocycles. The fourth-order valence-corrected chi connectivity index (χ4v) is 4.08. The fourth-order valence-electron chi connectivity index (χ4n) is 2.93. The first-order valence-corrected chi connectivity index (χ1v) is 11.1. The van der Waals surface area contributed by atoms with Crippen molar-refractivity contribution in [3.05, 3.63) is 89.7 Å². The number of hydrogen-bond acceptors (Lipinski definition) is 4. The molecule has 1 unspecified atom stereocenters.